The Morgan fingerprint density at radius 2 is 1.76 bits per heavy atom. The van der Waals surface area contributed by atoms with Gasteiger partial charge in [-0.1, -0.05) is 0 Å². The van der Waals surface area contributed by atoms with Crippen LogP contribution in [0.1, 0.15) is 12.5 Å². The molecular formula is C24H16F6N4O3S. The van der Waals surface area contributed by atoms with Crippen molar-refractivity contribution in [2.24, 2.45) is 0 Å². The number of nitrogens with zero attached hydrogens (tertiary/aromatic N) is 3. The average Bonchev–Trinajstić information content (AvgIpc) is 3.17. The van der Waals surface area contributed by atoms with Crippen molar-refractivity contribution in [1.82, 2.24) is 14.3 Å². The van der Waals surface area contributed by atoms with E-state index in [9.17, 15) is 40.0 Å². The van der Waals surface area contributed by atoms with Crippen molar-refractivity contribution >= 4 is 20.9 Å². The van der Waals surface area contributed by atoms with Crippen LogP contribution < -0.4 is 9.46 Å². The smallest absolute Gasteiger partial charge is 0.404 e. The summed E-state index contributed by atoms with van der Waals surface area (Å²) in [6.45, 7) is -2.48. The Kier molecular flexibility index (Phi) is 7.09. The van der Waals surface area contributed by atoms with Gasteiger partial charge in [-0.2, -0.15) is 31.9 Å². The number of sulfonamides is 1. The fourth-order valence-electron chi connectivity index (χ4n) is 3.70. The number of pyridine rings is 1. The molecule has 2 aromatic carbocycles. The van der Waals surface area contributed by atoms with Gasteiger partial charge < -0.3 is 9.30 Å². The highest BCUT2D eigenvalue weighted by Crippen LogP contribution is 2.37. The third kappa shape index (κ3) is 5.29. The van der Waals surface area contributed by atoms with E-state index >= 15 is 0 Å². The zero-order valence-corrected chi connectivity index (χ0v) is 20.0. The highest BCUT2D eigenvalue weighted by Gasteiger charge is 2.39. The lowest BCUT2D eigenvalue weighted by Crippen LogP contribution is -2.42. The average molecular weight is 554 g/mol. The first-order valence-corrected chi connectivity index (χ1v) is 12.1. The number of hydrogen-bond donors (Lipinski definition) is 1. The standard InChI is InChI=1S/C24H16F6N4O3S/c1-13(24(28,29)30)33-38(35,36)17-7-9-20(32-12-17)22-19(11-31)18-8-6-16(37-23(26)27)10-21(18)34(22)15-4-2-14(25)3-5-15/h2-10,12-13,23,33H,1H3/t13-/m1/s1. The summed E-state index contributed by atoms with van der Waals surface area (Å²) < 4.78 is 110. The van der Waals surface area contributed by atoms with Crippen LogP contribution in [-0.4, -0.2) is 36.8 Å². The van der Waals surface area contributed by atoms with E-state index in [1.165, 1.54) is 45.7 Å². The summed E-state index contributed by atoms with van der Waals surface area (Å²) in [6, 6.07) is 10.7. The van der Waals surface area contributed by atoms with E-state index in [2.05, 4.69) is 9.72 Å². The van der Waals surface area contributed by atoms with Crippen LogP contribution in [0.15, 0.2) is 65.7 Å². The van der Waals surface area contributed by atoms with Crippen LogP contribution in [-0.2, 0) is 10.0 Å². The molecule has 0 aliphatic heterocycles. The first kappa shape index (κ1) is 27.0. The van der Waals surface area contributed by atoms with Crippen LogP contribution in [0.25, 0.3) is 28.0 Å². The van der Waals surface area contributed by atoms with Gasteiger partial charge in [0.25, 0.3) is 0 Å². The number of alkyl halides is 5. The Labute approximate surface area is 212 Å². The molecule has 0 unspecified atom stereocenters. The van der Waals surface area contributed by atoms with E-state index in [1.54, 1.807) is 0 Å². The van der Waals surface area contributed by atoms with Crippen LogP contribution >= 0.6 is 0 Å². The molecule has 7 nitrogen and oxygen atoms in total. The number of fused-ring (bicyclic) bond motifs is 1. The zero-order chi connectivity index (χ0) is 27.8. The Morgan fingerprint density at radius 3 is 2.32 bits per heavy atom. The highest BCUT2D eigenvalue weighted by molar-refractivity contribution is 7.89. The maximum atomic E-state index is 13.6. The van der Waals surface area contributed by atoms with Gasteiger partial charge in [0, 0.05) is 23.3 Å². The van der Waals surface area contributed by atoms with Crippen molar-refractivity contribution in [1.29, 1.82) is 5.26 Å². The summed E-state index contributed by atoms with van der Waals surface area (Å²) >= 11 is 0. The number of benzene rings is 2. The molecule has 0 aliphatic carbocycles. The topological polar surface area (TPSA) is 97.0 Å². The number of halogens is 6. The monoisotopic (exact) mass is 554 g/mol. The molecule has 2 aromatic heterocycles. The van der Waals surface area contributed by atoms with Crippen molar-refractivity contribution in [3.63, 3.8) is 0 Å². The number of ether oxygens (including phenoxy) is 1. The first-order valence-electron chi connectivity index (χ1n) is 10.7. The van der Waals surface area contributed by atoms with Gasteiger partial charge in [-0.25, -0.2) is 12.8 Å². The lowest BCUT2D eigenvalue weighted by atomic mass is 10.1. The van der Waals surface area contributed by atoms with Crippen molar-refractivity contribution in [2.45, 2.75) is 30.6 Å². The molecular weight excluding hydrogens is 538 g/mol. The van der Waals surface area contributed by atoms with Gasteiger partial charge in [-0.15, -0.1) is 0 Å². The second-order valence-electron chi connectivity index (χ2n) is 7.97. The van der Waals surface area contributed by atoms with Crippen molar-refractivity contribution in [3.05, 3.63) is 72.2 Å². The molecule has 0 aliphatic rings. The molecule has 14 heteroatoms. The van der Waals surface area contributed by atoms with E-state index in [1.807, 2.05) is 6.07 Å². The Morgan fingerprint density at radius 1 is 1.08 bits per heavy atom. The largest absolute Gasteiger partial charge is 0.435 e. The van der Waals surface area contributed by atoms with E-state index in [0.29, 0.717) is 18.0 Å². The second kappa shape index (κ2) is 9.99. The normalized spacial score (nSPS) is 13.0. The minimum Gasteiger partial charge on any atom is -0.435 e. The van der Waals surface area contributed by atoms with Gasteiger partial charge in [-0.3, -0.25) is 4.98 Å². The third-order valence-electron chi connectivity index (χ3n) is 5.47. The van der Waals surface area contributed by atoms with Gasteiger partial charge >= 0.3 is 12.8 Å². The first-order chi connectivity index (χ1) is 17.8. The molecule has 4 aromatic rings. The number of nitriles is 1. The summed E-state index contributed by atoms with van der Waals surface area (Å²) in [6.07, 6.45) is -4.00. The van der Waals surface area contributed by atoms with Gasteiger partial charge in [0.15, 0.2) is 0 Å². The van der Waals surface area contributed by atoms with Gasteiger partial charge in [0.1, 0.15) is 28.6 Å². The summed E-state index contributed by atoms with van der Waals surface area (Å²) in [4.78, 5) is 3.50. The quantitative estimate of drug-likeness (QED) is 0.303. The molecule has 0 spiro atoms. The van der Waals surface area contributed by atoms with Crippen LogP contribution in [0.3, 0.4) is 0 Å². The van der Waals surface area contributed by atoms with E-state index in [-0.39, 0.29) is 28.2 Å². The number of aromatic nitrogens is 2. The molecule has 0 fully saturated rings. The molecule has 1 atom stereocenters. The maximum Gasteiger partial charge on any atom is 0.404 e. The molecule has 1 N–H and O–H groups in total. The van der Waals surface area contributed by atoms with E-state index < -0.39 is 39.6 Å². The Bertz CT molecular complexity index is 1630. The predicted octanol–water partition coefficient (Wildman–Crippen LogP) is 5.53. The molecule has 0 amide bonds. The minimum absolute atomic E-state index is 0.0276. The Balaban J connectivity index is 1.90. The van der Waals surface area contributed by atoms with Crippen LogP contribution in [0, 0.1) is 17.1 Å². The maximum absolute atomic E-state index is 13.6. The number of rotatable bonds is 7. The van der Waals surface area contributed by atoms with Gasteiger partial charge in [0.05, 0.1) is 22.5 Å². The van der Waals surface area contributed by atoms with Crippen LogP contribution in [0.5, 0.6) is 5.75 Å². The van der Waals surface area contributed by atoms with Crippen LogP contribution in [0.2, 0.25) is 0 Å². The second-order valence-corrected chi connectivity index (χ2v) is 9.68. The van der Waals surface area contributed by atoms with Gasteiger partial charge in [0.2, 0.25) is 10.0 Å². The van der Waals surface area contributed by atoms with Crippen molar-refractivity contribution in [3.8, 4) is 28.9 Å². The SMILES string of the molecule is C[C@@H](NS(=O)(=O)c1ccc(-c2c(C#N)c3ccc(OC(F)F)cc3n2-c2ccc(F)cc2)nc1)C(F)(F)F. The van der Waals surface area contributed by atoms with Gasteiger partial charge in [-0.05, 0) is 55.5 Å². The summed E-state index contributed by atoms with van der Waals surface area (Å²) in [5, 5.41) is 10.2. The summed E-state index contributed by atoms with van der Waals surface area (Å²) in [5.41, 5.74) is 0.687. The van der Waals surface area contributed by atoms with Crippen LogP contribution in [0.4, 0.5) is 26.3 Å². The summed E-state index contributed by atoms with van der Waals surface area (Å²) in [7, 11) is -4.60. The van der Waals surface area contributed by atoms with E-state index in [0.717, 1.165) is 24.4 Å². The molecule has 198 valence electrons. The predicted molar refractivity (Wildman–Crippen MR) is 124 cm³/mol. The Hall–Kier alpha value is -4.09. The summed E-state index contributed by atoms with van der Waals surface area (Å²) in [5.74, 6) is -0.786. The molecule has 0 saturated heterocycles. The fourth-order valence-corrected chi connectivity index (χ4v) is 4.88. The molecule has 38 heavy (non-hydrogen) atoms. The molecule has 2 heterocycles. The van der Waals surface area contributed by atoms with Crippen molar-refractivity contribution in [2.75, 3.05) is 0 Å². The minimum atomic E-state index is -4.81. The zero-order valence-electron chi connectivity index (χ0n) is 19.2. The number of hydrogen-bond acceptors (Lipinski definition) is 5. The highest BCUT2D eigenvalue weighted by atomic mass is 32.2. The fraction of sp³-hybridized carbons (Fsp3) is 0.167. The molecule has 0 saturated carbocycles. The molecule has 0 radical (unpaired) electrons. The lowest BCUT2D eigenvalue weighted by molar-refractivity contribution is -0.147. The lowest BCUT2D eigenvalue weighted by Gasteiger charge is -2.17. The van der Waals surface area contributed by atoms with Crippen molar-refractivity contribution < 1.29 is 39.5 Å². The third-order valence-corrected chi connectivity index (χ3v) is 7.00. The number of nitrogens with one attached hydrogen (secondary N) is 1. The molecule has 4 rings (SSSR count). The van der Waals surface area contributed by atoms with E-state index in [4.69, 9.17) is 0 Å². The molecule has 0 bridgehead atoms.